The molecule has 1 aliphatic rings. The van der Waals surface area contributed by atoms with E-state index in [4.69, 9.17) is 30.2 Å². The van der Waals surface area contributed by atoms with E-state index in [2.05, 4.69) is 13.8 Å². The van der Waals surface area contributed by atoms with Crippen LogP contribution in [0.3, 0.4) is 0 Å². The number of hydrogen-bond acceptors (Lipinski definition) is 6. The van der Waals surface area contributed by atoms with Crippen LogP contribution in [0, 0.1) is 12.8 Å². The minimum atomic E-state index is -0.646. The van der Waals surface area contributed by atoms with Crippen molar-refractivity contribution in [1.82, 2.24) is 4.90 Å². The van der Waals surface area contributed by atoms with E-state index in [1.165, 1.54) is 0 Å². The monoisotopic (exact) mass is 575 g/mol. The summed E-state index contributed by atoms with van der Waals surface area (Å²) in [6, 6.07) is 16.0. The van der Waals surface area contributed by atoms with Gasteiger partial charge in [0.25, 0.3) is 5.91 Å². The Bertz CT molecular complexity index is 1660. The quantitative estimate of drug-likeness (QED) is 0.203. The number of nitrogens with zero attached hydrogens (tertiary/aromatic N) is 1. The summed E-state index contributed by atoms with van der Waals surface area (Å²) >= 11 is 6.38. The van der Waals surface area contributed by atoms with Crippen LogP contribution in [0.4, 0.5) is 0 Å². The van der Waals surface area contributed by atoms with Crippen molar-refractivity contribution >= 4 is 28.5 Å². The molecule has 0 bridgehead atoms. The fourth-order valence-electron chi connectivity index (χ4n) is 5.19. The van der Waals surface area contributed by atoms with Crippen LogP contribution < -0.4 is 19.6 Å². The molecule has 8 heteroatoms. The number of hydrogen-bond donors (Lipinski definition) is 0. The second-order valence-corrected chi connectivity index (χ2v) is 11.1. The number of rotatable bonds is 10. The SMILES string of the molecule is COc1ccc(CCN2C(=O)c3oc4cc(C)c(Cl)cc4c(=O)c3C2c2cccc(OCCC(C)C)c2)cc1OC. The first kappa shape index (κ1) is 28.6. The Balaban J connectivity index is 1.57. The maximum absolute atomic E-state index is 14.0. The molecule has 5 rings (SSSR count). The molecule has 0 saturated carbocycles. The summed E-state index contributed by atoms with van der Waals surface area (Å²) in [4.78, 5) is 29.6. The molecule has 1 aromatic heterocycles. The number of halogens is 1. The molecule has 2 heterocycles. The summed E-state index contributed by atoms with van der Waals surface area (Å²) < 4.78 is 23.0. The molecule has 0 fully saturated rings. The smallest absolute Gasteiger partial charge is 0.290 e. The zero-order chi connectivity index (χ0) is 29.3. The van der Waals surface area contributed by atoms with E-state index in [0.29, 0.717) is 64.3 Å². The Labute approximate surface area is 244 Å². The maximum atomic E-state index is 14.0. The Morgan fingerprint density at radius 2 is 1.78 bits per heavy atom. The van der Waals surface area contributed by atoms with E-state index < -0.39 is 6.04 Å². The van der Waals surface area contributed by atoms with Gasteiger partial charge in [-0.2, -0.15) is 0 Å². The highest BCUT2D eigenvalue weighted by molar-refractivity contribution is 6.32. The van der Waals surface area contributed by atoms with E-state index in [1.807, 2.05) is 49.4 Å². The molecule has 0 N–H and O–H groups in total. The molecular weight excluding hydrogens is 542 g/mol. The molecule has 4 aromatic rings. The third-order valence-electron chi connectivity index (χ3n) is 7.47. The van der Waals surface area contributed by atoms with Crippen LogP contribution in [0.5, 0.6) is 17.2 Å². The molecule has 41 heavy (non-hydrogen) atoms. The molecule has 0 aliphatic carbocycles. The van der Waals surface area contributed by atoms with Crippen molar-refractivity contribution < 1.29 is 23.4 Å². The first-order valence-corrected chi connectivity index (χ1v) is 14.1. The Morgan fingerprint density at radius 3 is 2.51 bits per heavy atom. The summed E-state index contributed by atoms with van der Waals surface area (Å²) in [7, 11) is 3.18. The summed E-state index contributed by atoms with van der Waals surface area (Å²) in [5.74, 6) is 2.17. The van der Waals surface area contributed by atoms with E-state index in [9.17, 15) is 9.59 Å². The molecule has 0 spiro atoms. The van der Waals surface area contributed by atoms with Gasteiger partial charge in [0.2, 0.25) is 5.76 Å². The highest BCUT2D eigenvalue weighted by Gasteiger charge is 2.42. The molecule has 1 aliphatic heterocycles. The van der Waals surface area contributed by atoms with E-state index in [-0.39, 0.29) is 17.1 Å². The molecule has 1 amide bonds. The average Bonchev–Trinajstić information content (AvgIpc) is 3.24. The van der Waals surface area contributed by atoms with Crippen LogP contribution in [0.25, 0.3) is 11.0 Å². The minimum absolute atomic E-state index is 0.0627. The zero-order valence-electron chi connectivity index (χ0n) is 24.0. The Morgan fingerprint density at radius 1 is 1.00 bits per heavy atom. The lowest BCUT2D eigenvalue weighted by Gasteiger charge is -2.25. The number of aryl methyl sites for hydroxylation is 1. The summed E-state index contributed by atoms with van der Waals surface area (Å²) in [5.41, 5.74) is 2.89. The largest absolute Gasteiger partial charge is 0.494 e. The van der Waals surface area contributed by atoms with Gasteiger partial charge in [-0.05, 0) is 78.8 Å². The first-order valence-electron chi connectivity index (χ1n) is 13.7. The van der Waals surface area contributed by atoms with Gasteiger partial charge >= 0.3 is 0 Å². The van der Waals surface area contributed by atoms with Gasteiger partial charge in [-0.25, -0.2) is 0 Å². The number of amides is 1. The minimum Gasteiger partial charge on any atom is -0.494 e. The van der Waals surface area contributed by atoms with Gasteiger partial charge in [-0.1, -0.05) is 43.6 Å². The fourth-order valence-corrected chi connectivity index (χ4v) is 5.35. The van der Waals surface area contributed by atoms with Gasteiger partial charge in [0.1, 0.15) is 11.3 Å². The van der Waals surface area contributed by atoms with Gasteiger partial charge in [0, 0.05) is 11.6 Å². The number of carbonyl (C=O) groups is 1. The van der Waals surface area contributed by atoms with Crippen LogP contribution in [0.1, 0.15) is 59.1 Å². The van der Waals surface area contributed by atoms with E-state index >= 15 is 0 Å². The van der Waals surface area contributed by atoms with Crippen molar-refractivity contribution in [3.05, 3.63) is 97.9 Å². The van der Waals surface area contributed by atoms with Crippen molar-refractivity contribution in [2.24, 2.45) is 5.92 Å². The number of methoxy groups -OCH3 is 2. The van der Waals surface area contributed by atoms with Gasteiger partial charge < -0.3 is 23.5 Å². The van der Waals surface area contributed by atoms with Crippen molar-refractivity contribution in [2.45, 2.75) is 39.7 Å². The summed E-state index contributed by atoms with van der Waals surface area (Å²) in [6.45, 7) is 7.05. The fraction of sp³-hybridized carbons (Fsp3) is 0.333. The number of fused-ring (bicyclic) bond motifs is 2. The predicted molar refractivity (Wildman–Crippen MR) is 160 cm³/mol. The highest BCUT2D eigenvalue weighted by Crippen LogP contribution is 2.40. The van der Waals surface area contributed by atoms with Crippen molar-refractivity contribution in [3.8, 4) is 17.2 Å². The second-order valence-electron chi connectivity index (χ2n) is 10.7. The Kier molecular flexibility index (Phi) is 8.27. The van der Waals surface area contributed by atoms with Gasteiger partial charge in [0.05, 0.1) is 37.8 Å². The topological polar surface area (TPSA) is 78.2 Å². The standard InChI is InChI=1S/C33H34ClNO6/c1-19(2)12-14-40-23-8-6-7-22(17-23)30-29-31(36)24-18-25(34)20(3)15-27(24)41-32(29)33(37)35(30)13-11-21-9-10-26(38-4)28(16-21)39-5/h6-10,15-19,30H,11-14H2,1-5H3. The molecular formula is C33H34ClNO6. The zero-order valence-corrected chi connectivity index (χ0v) is 24.7. The summed E-state index contributed by atoms with van der Waals surface area (Å²) in [6.07, 6.45) is 1.45. The lowest BCUT2D eigenvalue weighted by molar-refractivity contribution is 0.0729. The average molecular weight is 576 g/mol. The lowest BCUT2D eigenvalue weighted by atomic mass is 9.97. The van der Waals surface area contributed by atoms with Crippen LogP contribution in [0.15, 0.2) is 63.8 Å². The predicted octanol–water partition coefficient (Wildman–Crippen LogP) is 6.98. The van der Waals surface area contributed by atoms with Crippen molar-refractivity contribution in [3.63, 3.8) is 0 Å². The normalized spacial score (nSPS) is 14.6. The van der Waals surface area contributed by atoms with E-state index in [0.717, 1.165) is 23.1 Å². The number of benzene rings is 3. The van der Waals surface area contributed by atoms with Crippen LogP contribution in [-0.4, -0.2) is 38.2 Å². The van der Waals surface area contributed by atoms with Crippen molar-refractivity contribution in [1.29, 1.82) is 0 Å². The third kappa shape index (κ3) is 5.64. The van der Waals surface area contributed by atoms with E-state index in [1.54, 1.807) is 31.3 Å². The lowest BCUT2D eigenvalue weighted by Crippen LogP contribution is -2.31. The molecule has 3 aromatic carbocycles. The van der Waals surface area contributed by atoms with Crippen LogP contribution >= 0.6 is 11.6 Å². The number of ether oxygens (including phenoxy) is 3. The number of carbonyl (C=O) groups excluding carboxylic acids is 1. The molecule has 1 unspecified atom stereocenters. The third-order valence-corrected chi connectivity index (χ3v) is 7.88. The molecule has 0 saturated heterocycles. The maximum Gasteiger partial charge on any atom is 0.290 e. The second kappa shape index (κ2) is 11.9. The first-order chi connectivity index (χ1) is 19.7. The van der Waals surface area contributed by atoms with Crippen LogP contribution in [0.2, 0.25) is 5.02 Å². The molecule has 7 nitrogen and oxygen atoms in total. The Hall–Kier alpha value is -3.97. The van der Waals surface area contributed by atoms with Crippen molar-refractivity contribution in [2.75, 3.05) is 27.4 Å². The summed E-state index contributed by atoms with van der Waals surface area (Å²) in [5, 5.41) is 0.819. The van der Waals surface area contributed by atoms with Gasteiger partial charge in [0.15, 0.2) is 16.9 Å². The molecule has 0 radical (unpaired) electrons. The molecule has 214 valence electrons. The molecule has 1 atom stereocenters. The van der Waals surface area contributed by atoms with Gasteiger partial charge in [-0.3, -0.25) is 9.59 Å². The highest BCUT2D eigenvalue weighted by atomic mass is 35.5. The van der Waals surface area contributed by atoms with Gasteiger partial charge in [-0.15, -0.1) is 0 Å². The van der Waals surface area contributed by atoms with Crippen LogP contribution in [-0.2, 0) is 6.42 Å².